The molecule has 3 aliphatic rings. The van der Waals surface area contributed by atoms with Crippen LogP contribution in [0.1, 0.15) is 30.9 Å². The SMILES string of the molecule is COc1cccc(N2C[C@@H]3C[C@@H](c4cnn(C)c4)N4CCC[C@@]34C2=O)c1. The summed E-state index contributed by atoms with van der Waals surface area (Å²) in [6, 6.07) is 8.16. The summed E-state index contributed by atoms with van der Waals surface area (Å²) in [5.74, 6) is 1.43. The van der Waals surface area contributed by atoms with Gasteiger partial charge in [0.25, 0.3) is 0 Å². The fraction of sp³-hybridized carbons (Fsp3) is 0.500. The minimum atomic E-state index is -0.330. The van der Waals surface area contributed by atoms with Crippen molar-refractivity contribution >= 4 is 11.6 Å². The van der Waals surface area contributed by atoms with Gasteiger partial charge < -0.3 is 9.64 Å². The number of hydrogen-bond donors (Lipinski definition) is 0. The second-order valence-corrected chi connectivity index (χ2v) is 7.73. The highest BCUT2D eigenvalue weighted by Gasteiger charge is 2.65. The van der Waals surface area contributed by atoms with Crippen molar-refractivity contribution in [3.8, 4) is 5.75 Å². The highest BCUT2D eigenvalue weighted by atomic mass is 16.5. The molecule has 0 saturated carbocycles. The maximum absolute atomic E-state index is 13.6. The molecule has 26 heavy (non-hydrogen) atoms. The third-order valence-corrected chi connectivity index (χ3v) is 6.52. The molecule has 3 fully saturated rings. The van der Waals surface area contributed by atoms with Gasteiger partial charge in [-0.25, -0.2) is 0 Å². The van der Waals surface area contributed by atoms with Gasteiger partial charge in [-0.1, -0.05) is 6.07 Å². The second-order valence-electron chi connectivity index (χ2n) is 7.73. The summed E-state index contributed by atoms with van der Waals surface area (Å²) >= 11 is 0. The average molecular weight is 352 g/mol. The van der Waals surface area contributed by atoms with Crippen LogP contribution in [0.3, 0.4) is 0 Å². The molecule has 3 atom stereocenters. The molecule has 0 aliphatic carbocycles. The molecule has 2 aromatic rings. The Bertz CT molecular complexity index is 863. The molecule has 1 aromatic carbocycles. The maximum Gasteiger partial charge on any atom is 0.247 e. The molecular formula is C20H24N4O2. The van der Waals surface area contributed by atoms with Crippen LogP contribution in [0.4, 0.5) is 5.69 Å². The van der Waals surface area contributed by atoms with Crippen LogP contribution in [0, 0.1) is 5.92 Å². The highest BCUT2D eigenvalue weighted by Crippen LogP contribution is 2.56. The molecule has 6 nitrogen and oxygen atoms in total. The van der Waals surface area contributed by atoms with E-state index in [1.807, 2.05) is 47.1 Å². The van der Waals surface area contributed by atoms with E-state index in [1.54, 1.807) is 7.11 Å². The van der Waals surface area contributed by atoms with Crippen molar-refractivity contribution in [3.63, 3.8) is 0 Å². The summed E-state index contributed by atoms with van der Waals surface area (Å²) in [4.78, 5) is 18.0. The third-order valence-electron chi connectivity index (χ3n) is 6.52. The smallest absolute Gasteiger partial charge is 0.247 e. The van der Waals surface area contributed by atoms with E-state index in [1.165, 1.54) is 5.56 Å². The van der Waals surface area contributed by atoms with Crippen LogP contribution in [-0.4, -0.2) is 46.3 Å². The molecular weight excluding hydrogens is 328 g/mol. The first-order valence-electron chi connectivity index (χ1n) is 9.35. The number of rotatable bonds is 3. The fourth-order valence-corrected chi connectivity index (χ4v) is 5.42. The van der Waals surface area contributed by atoms with Crippen LogP contribution >= 0.6 is 0 Å². The van der Waals surface area contributed by atoms with Crippen LogP contribution < -0.4 is 9.64 Å². The summed E-state index contributed by atoms with van der Waals surface area (Å²) in [6.45, 7) is 1.78. The lowest BCUT2D eigenvalue weighted by molar-refractivity contribution is -0.126. The van der Waals surface area contributed by atoms with Crippen molar-refractivity contribution in [2.75, 3.05) is 25.1 Å². The maximum atomic E-state index is 13.6. The van der Waals surface area contributed by atoms with Crippen molar-refractivity contribution in [1.29, 1.82) is 0 Å². The van der Waals surface area contributed by atoms with Gasteiger partial charge in [-0.3, -0.25) is 14.4 Å². The lowest BCUT2D eigenvalue weighted by atomic mass is 9.85. The highest BCUT2D eigenvalue weighted by molar-refractivity contribution is 6.04. The van der Waals surface area contributed by atoms with Crippen LogP contribution in [0.15, 0.2) is 36.7 Å². The van der Waals surface area contributed by atoms with Gasteiger partial charge in [0.15, 0.2) is 0 Å². The van der Waals surface area contributed by atoms with Crippen LogP contribution in [0.2, 0.25) is 0 Å². The summed E-state index contributed by atoms with van der Waals surface area (Å²) in [5, 5.41) is 4.35. The second kappa shape index (κ2) is 5.58. The molecule has 1 amide bonds. The predicted octanol–water partition coefficient (Wildman–Crippen LogP) is 2.37. The summed E-state index contributed by atoms with van der Waals surface area (Å²) in [6.07, 6.45) is 7.14. The topological polar surface area (TPSA) is 50.6 Å². The number of anilines is 1. The molecule has 4 heterocycles. The number of hydrogen-bond acceptors (Lipinski definition) is 4. The quantitative estimate of drug-likeness (QED) is 0.851. The Morgan fingerprint density at radius 3 is 3.00 bits per heavy atom. The average Bonchev–Trinajstić information content (AvgIpc) is 3.38. The van der Waals surface area contributed by atoms with E-state index in [2.05, 4.69) is 16.2 Å². The number of nitrogens with zero attached hydrogens (tertiary/aromatic N) is 4. The van der Waals surface area contributed by atoms with Gasteiger partial charge in [0, 0.05) is 49.1 Å². The van der Waals surface area contributed by atoms with Gasteiger partial charge in [-0.15, -0.1) is 0 Å². The molecule has 0 bridgehead atoms. The van der Waals surface area contributed by atoms with Crippen molar-refractivity contribution in [2.24, 2.45) is 13.0 Å². The van der Waals surface area contributed by atoms with Gasteiger partial charge in [-0.05, 0) is 37.9 Å². The van der Waals surface area contributed by atoms with E-state index in [4.69, 9.17) is 4.74 Å². The molecule has 0 unspecified atom stereocenters. The van der Waals surface area contributed by atoms with E-state index in [-0.39, 0.29) is 11.4 Å². The lowest BCUT2D eigenvalue weighted by Gasteiger charge is -2.33. The molecule has 0 radical (unpaired) electrons. The molecule has 6 heteroatoms. The zero-order valence-electron chi connectivity index (χ0n) is 15.3. The lowest BCUT2D eigenvalue weighted by Crippen LogP contribution is -2.49. The van der Waals surface area contributed by atoms with Gasteiger partial charge >= 0.3 is 0 Å². The van der Waals surface area contributed by atoms with Crippen molar-refractivity contribution in [1.82, 2.24) is 14.7 Å². The number of carbonyl (C=O) groups excluding carboxylic acids is 1. The third kappa shape index (κ3) is 2.02. The summed E-state index contributed by atoms with van der Waals surface area (Å²) in [7, 11) is 3.62. The minimum absolute atomic E-state index is 0.264. The number of benzene rings is 1. The summed E-state index contributed by atoms with van der Waals surface area (Å²) in [5.41, 5.74) is 1.86. The van der Waals surface area contributed by atoms with E-state index < -0.39 is 0 Å². The zero-order chi connectivity index (χ0) is 17.9. The number of aromatic nitrogens is 2. The van der Waals surface area contributed by atoms with Crippen molar-refractivity contribution in [2.45, 2.75) is 30.8 Å². The zero-order valence-corrected chi connectivity index (χ0v) is 15.3. The van der Waals surface area contributed by atoms with Gasteiger partial charge in [-0.2, -0.15) is 5.10 Å². The first kappa shape index (κ1) is 15.9. The number of amides is 1. The number of aryl methyl sites for hydroxylation is 1. The molecule has 5 rings (SSSR count). The van der Waals surface area contributed by atoms with Crippen molar-refractivity contribution < 1.29 is 9.53 Å². The Morgan fingerprint density at radius 2 is 2.23 bits per heavy atom. The summed E-state index contributed by atoms with van der Waals surface area (Å²) < 4.78 is 7.21. The van der Waals surface area contributed by atoms with Crippen molar-refractivity contribution in [3.05, 3.63) is 42.2 Å². The first-order valence-corrected chi connectivity index (χ1v) is 9.35. The van der Waals surface area contributed by atoms with E-state index in [0.717, 1.165) is 43.8 Å². The monoisotopic (exact) mass is 352 g/mol. The van der Waals surface area contributed by atoms with Crippen LogP contribution in [0.25, 0.3) is 0 Å². The Labute approximate surface area is 153 Å². The fourth-order valence-electron chi connectivity index (χ4n) is 5.42. The Balaban J connectivity index is 1.49. The molecule has 3 aliphatic heterocycles. The molecule has 0 N–H and O–H groups in total. The number of ether oxygens (including phenoxy) is 1. The standard InChI is InChI=1S/C20H24N4O2/c1-22-12-14(11-21-22)18-9-15-13-23(16-5-3-6-17(10-16)26-2)19(25)20(15)7-4-8-24(18)20/h3,5-6,10-12,15,18H,4,7-9,13H2,1-2H3/t15-,18-,20-/m0/s1. The number of methoxy groups -OCH3 is 1. The van der Waals surface area contributed by atoms with E-state index >= 15 is 0 Å². The Morgan fingerprint density at radius 1 is 1.35 bits per heavy atom. The van der Waals surface area contributed by atoms with Crippen LogP contribution in [-0.2, 0) is 11.8 Å². The van der Waals surface area contributed by atoms with E-state index in [0.29, 0.717) is 12.0 Å². The Hall–Kier alpha value is -2.34. The van der Waals surface area contributed by atoms with E-state index in [9.17, 15) is 4.79 Å². The predicted molar refractivity (Wildman–Crippen MR) is 98.1 cm³/mol. The largest absolute Gasteiger partial charge is 0.497 e. The normalized spacial score (nSPS) is 30.7. The van der Waals surface area contributed by atoms with Gasteiger partial charge in [0.1, 0.15) is 11.3 Å². The minimum Gasteiger partial charge on any atom is -0.497 e. The van der Waals surface area contributed by atoms with Gasteiger partial charge in [0.05, 0.1) is 13.3 Å². The molecule has 136 valence electrons. The van der Waals surface area contributed by atoms with Crippen LogP contribution in [0.5, 0.6) is 5.75 Å². The Kier molecular flexibility index (Phi) is 3.41. The molecule has 1 spiro atoms. The van der Waals surface area contributed by atoms with Gasteiger partial charge in [0.2, 0.25) is 5.91 Å². The first-order chi connectivity index (χ1) is 12.6. The number of carbonyl (C=O) groups is 1. The molecule has 1 aromatic heterocycles. The molecule has 3 saturated heterocycles.